The summed E-state index contributed by atoms with van der Waals surface area (Å²) in [5, 5.41) is 0.0390. The molecule has 1 unspecified atom stereocenters. The van der Waals surface area contributed by atoms with Crippen molar-refractivity contribution in [3.05, 3.63) is 34.4 Å². The first-order chi connectivity index (χ1) is 11.6. The number of carbonyl (C=O) groups is 2. The number of benzene rings is 1. The number of nitrogens with two attached hydrogens (primary N) is 1. The lowest BCUT2D eigenvalue weighted by molar-refractivity contribution is -0.132. The van der Waals surface area contributed by atoms with Gasteiger partial charge in [-0.1, -0.05) is 6.07 Å². The van der Waals surface area contributed by atoms with Crippen LogP contribution in [0.25, 0.3) is 10.9 Å². The fourth-order valence-electron chi connectivity index (χ4n) is 2.48. The largest absolute Gasteiger partial charge is 0.398 e. The van der Waals surface area contributed by atoms with Crippen molar-refractivity contribution in [2.24, 2.45) is 0 Å². The number of nitrogens with zero attached hydrogens (tertiary/aromatic N) is 2. The highest BCUT2D eigenvalue weighted by Crippen LogP contribution is 2.24. The van der Waals surface area contributed by atoms with Crippen LogP contribution in [0.15, 0.2) is 23.0 Å². The zero-order valence-electron chi connectivity index (χ0n) is 15.0. The second-order valence-electron chi connectivity index (χ2n) is 4.85. The average Bonchev–Trinajstić information content (AvgIpc) is 2.51. The standard InChI is InChI=1S/C15H15N3O3/c1-8-17-11-4-2-3-10(16)14(11)15(21)18(8)12-6-5-9(19)7-13(12)20/h2-4,12H,5-7,16H2,1H3/i1D2,5D2. The molecule has 1 fully saturated rings. The van der Waals surface area contributed by atoms with Crippen LogP contribution in [0, 0.1) is 6.88 Å². The topological polar surface area (TPSA) is 95.0 Å². The summed E-state index contributed by atoms with van der Waals surface area (Å²) in [4.78, 5) is 41.0. The lowest BCUT2D eigenvalue weighted by atomic mass is 9.92. The molecular weight excluding hydrogens is 270 g/mol. The van der Waals surface area contributed by atoms with E-state index in [1.54, 1.807) is 6.07 Å². The van der Waals surface area contributed by atoms with E-state index in [0.29, 0.717) is 0 Å². The number of hydrogen-bond acceptors (Lipinski definition) is 5. The minimum absolute atomic E-state index is 0.0390. The molecule has 1 heterocycles. The van der Waals surface area contributed by atoms with E-state index in [0.717, 1.165) is 4.57 Å². The van der Waals surface area contributed by atoms with Gasteiger partial charge in [-0.15, -0.1) is 0 Å². The van der Waals surface area contributed by atoms with Gasteiger partial charge in [0.05, 0.1) is 23.4 Å². The van der Waals surface area contributed by atoms with Crippen LogP contribution in [-0.2, 0) is 9.59 Å². The number of Topliss-reactive ketones (excluding diaryl/α,β-unsaturated/α-hetero) is 2. The number of fused-ring (bicyclic) bond motifs is 1. The Hall–Kier alpha value is -2.50. The molecule has 1 aromatic carbocycles. The van der Waals surface area contributed by atoms with Crippen LogP contribution in [0.2, 0.25) is 0 Å². The maximum absolute atomic E-state index is 12.9. The van der Waals surface area contributed by atoms with Gasteiger partial charge in [-0.05, 0) is 25.4 Å². The quantitative estimate of drug-likeness (QED) is 0.627. The zero-order valence-corrected chi connectivity index (χ0v) is 11.0. The molecule has 0 aliphatic heterocycles. The van der Waals surface area contributed by atoms with Gasteiger partial charge in [0.15, 0.2) is 5.78 Å². The van der Waals surface area contributed by atoms with E-state index in [2.05, 4.69) is 4.98 Å². The number of carbonyl (C=O) groups excluding carboxylic acids is 2. The SMILES string of the molecule is [2H]C([2H])c1nc2cccc(N)c2c(=O)n1C1CC([2H])([2H])C(=O)CC1=O. The number of anilines is 1. The summed E-state index contributed by atoms with van der Waals surface area (Å²) in [5.41, 5.74) is 5.44. The first-order valence-electron chi connectivity index (χ1n) is 8.50. The summed E-state index contributed by atoms with van der Waals surface area (Å²) in [6, 6.07) is 3.27. The van der Waals surface area contributed by atoms with Crippen molar-refractivity contribution in [1.29, 1.82) is 0 Å². The average molecular weight is 289 g/mol. The summed E-state index contributed by atoms with van der Waals surface area (Å²) >= 11 is 0. The van der Waals surface area contributed by atoms with E-state index in [-0.39, 0.29) is 22.4 Å². The lowest BCUT2D eigenvalue weighted by Crippen LogP contribution is -2.36. The van der Waals surface area contributed by atoms with Crippen LogP contribution in [-0.4, -0.2) is 21.1 Å². The first-order valence-corrected chi connectivity index (χ1v) is 6.34. The van der Waals surface area contributed by atoms with E-state index < -0.39 is 49.3 Å². The summed E-state index contributed by atoms with van der Waals surface area (Å²) in [7, 11) is 0. The molecule has 1 aliphatic carbocycles. The van der Waals surface area contributed by atoms with Crippen molar-refractivity contribution >= 4 is 28.2 Å². The molecule has 1 atom stereocenters. The lowest BCUT2D eigenvalue weighted by Gasteiger charge is -2.24. The van der Waals surface area contributed by atoms with E-state index in [1.807, 2.05) is 0 Å². The van der Waals surface area contributed by atoms with Crippen LogP contribution in [0.1, 0.15) is 36.6 Å². The highest BCUT2D eigenvalue weighted by Gasteiger charge is 2.30. The number of nitrogen functional groups attached to an aromatic ring is 1. The van der Waals surface area contributed by atoms with Gasteiger partial charge in [0, 0.05) is 17.5 Å². The molecule has 0 bridgehead atoms. The summed E-state index contributed by atoms with van der Waals surface area (Å²) < 4.78 is 31.7. The van der Waals surface area contributed by atoms with E-state index in [1.165, 1.54) is 12.1 Å². The van der Waals surface area contributed by atoms with Gasteiger partial charge in [0.25, 0.3) is 5.56 Å². The summed E-state index contributed by atoms with van der Waals surface area (Å²) in [6.07, 6.45) is -3.46. The Morgan fingerprint density at radius 2 is 2.24 bits per heavy atom. The molecule has 2 aromatic rings. The zero-order chi connectivity index (χ0) is 18.5. The minimum Gasteiger partial charge on any atom is -0.398 e. The number of hydrogen-bond donors (Lipinski definition) is 1. The molecule has 0 amide bonds. The monoisotopic (exact) mass is 289 g/mol. The van der Waals surface area contributed by atoms with Gasteiger partial charge in [-0.2, -0.15) is 0 Å². The number of aromatic nitrogens is 2. The minimum atomic E-state index is -2.27. The molecule has 6 heteroatoms. The van der Waals surface area contributed by atoms with Crippen LogP contribution in [0.3, 0.4) is 0 Å². The Bertz CT molecular complexity index is 955. The normalized spacial score (nSPS) is 24.5. The van der Waals surface area contributed by atoms with Gasteiger partial charge in [-0.3, -0.25) is 19.0 Å². The maximum Gasteiger partial charge on any atom is 0.264 e. The number of aryl methyl sites for hydroxylation is 1. The Morgan fingerprint density at radius 1 is 1.43 bits per heavy atom. The molecule has 1 aromatic heterocycles. The molecule has 3 rings (SSSR count). The molecule has 0 radical (unpaired) electrons. The molecule has 21 heavy (non-hydrogen) atoms. The van der Waals surface area contributed by atoms with Crippen LogP contribution in [0.5, 0.6) is 0 Å². The molecular formula is C15H15N3O3. The van der Waals surface area contributed by atoms with Crippen LogP contribution >= 0.6 is 0 Å². The third kappa shape index (κ3) is 2.12. The Morgan fingerprint density at radius 3 is 3.00 bits per heavy atom. The third-order valence-corrected chi connectivity index (χ3v) is 3.50. The van der Waals surface area contributed by atoms with E-state index in [4.69, 9.17) is 11.2 Å². The van der Waals surface area contributed by atoms with Crippen molar-refractivity contribution in [3.8, 4) is 0 Å². The van der Waals surface area contributed by atoms with Crippen molar-refractivity contribution in [3.63, 3.8) is 0 Å². The van der Waals surface area contributed by atoms with Gasteiger partial charge in [0.2, 0.25) is 0 Å². The van der Waals surface area contributed by atoms with Crippen LogP contribution < -0.4 is 11.3 Å². The smallest absolute Gasteiger partial charge is 0.264 e. The molecule has 1 saturated carbocycles. The van der Waals surface area contributed by atoms with E-state index >= 15 is 0 Å². The van der Waals surface area contributed by atoms with Crippen molar-refractivity contribution < 1.29 is 15.1 Å². The summed E-state index contributed by atoms with van der Waals surface area (Å²) in [6.45, 7) is -1.67. The predicted octanol–water partition coefficient (Wildman–Crippen LogP) is 1.15. The fourth-order valence-corrected chi connectivity index (χ4v) is 2.48. The van der Waals surface area contributed by atoms with Crippen LogP contribution in [0.4, 0.5) is 5.69 Å². The maximum atomic E-state index is 12.9. The highest BCUT2D eigenvalue weighted by atomic mass is 16.2. The second kappa shape index (κ2) is 4.80. The Balaban J connectivity index is 2.31. The third-order valence-electron chi connectivity index (χ3n) is 3.50. The number of ketones is 2. The van der Waals surface area contributed by atoms with Gasteiger partial charge in [0.1, 0.15) is 11.6 Å². The molecule has 0 saturated heterocycles. The Labute approximate surface area is 126 Å². The molecule has 2 N–H and O–H groups in total. The second-order valence-corrected chi connectivity index (χ2v) is 4.85. The van der Waals surface area contributed by atoms with Gasteiger partial charge >= 0.3 is 0 Å². The molecule has 0 spiro atoms. The van der Waals surface area contributed by atoms with Crippen molar-refractivity contribution in [2.45, 2.75) is 32.1 Å². The van der Waals surface area contributed by atoms with Crippen molar-refractivity contribution in [1.82, 2.24) is 9.55 Å². The molecule has 6 nitrogen and oxygen atoms in total. The van der Waals surface area contributed by atoms with Crippen molar-refractivity contribution in [2.75, 3.05) is 5.73 Å². The Kier molecular flexibility index (Phi) is 2.16. The first kappa shape index (κ1) is 9.44. The van der Waals surface area contributed by atoms with E-state index in [9.17, 15) is 14.4 Å². The molecule has 1 aliphatic rings. The fraction of sp³-hybridized carbons (Fsp3) is 0.333. The highest BCUT2D eigenvalue weighted by molar-refractivity contribution is 6.03. The summed E-state index contributed by atoms with van der Waals surface area (Å²) in [5.74, 6) is -1.77. The predicted molar refractivity (Wildman–Crippen MR) is 78.1 cm³/mol. The molecule has 108 valence electrons. The van der Waals surface area contributed by atoms with Gasteiger partial charge in [-0.25, -0.2) is 4.98 Å². The van der Waals surface area contributed by atoms with Gasteiger partial charge < -0.3 is 5.73 Å². The number of rotatable bonds is 1.